The van der Waals surface area contributed by atoms with Crippen molar-refractivity contribution in [2.45, 2.75) is 13.1 Å². The molecular formula is C16H11ClF4N2O5. The van der Waals surface area contributed by atoms with Crippen LogP contribution in [-0.2, 0) is 15.7 Å². The summed E-state index contributed by atoms with van der Waals surface area (Å²) >= 11 is 5.91. The van der Waals surface area contributed by atoms with Crippen molar-refractivity contribution in [1.82, 2.24) is 4.98 Å². The molecule has 0 bridgehead atoms. The highest BCUT2D eigenvalue weighted by atomic mass is 35.5. The molecule has 12 heteroatoms. The third-order valence-electron chi connectivity index (χ3n) is 3.64. The van der Waals surface area contributed by atoms with Crippen LogP contribution in [0, 0.1) is 22.9 Å². The van der Waals surface area contributed by atoms with Gasteiger partial charge >= 0.3 is 17.8 Å². The van der Waals surface area contributed by atoms with Gasteiger partial charge in [0.2, 0.25) is 5.75 Å². The number of alkyl halides is 3. The van der Waals surface area contributed by atoms with Gasteiger partial charge < -0.3 is 9.47 Å². The molecule has 0 atom stereocenters. The highest BCUT2D eigenvalue weighted by Crippen LogP contribution is 2.40. The summed E-state index contributed by atoms with van der Waals surface area (Å²) in [7, 11) is 1.06. The van der Waals surface area contributed by atoms with Crippen LogP contribution < -0.4 is 4.74 Å². The lowest BCUT2D eigenvalue weighted by Crippen LogP contribution is -2.13. The topological polar surface area (TPSA) is 91.6 Å². The molecule has 1 aromatic carbocycles. The maximum atomic E-state index is 14.5. The zero-order chi connectivity index (χ0) is 21.2. The lowest BCUT2D eigenvalue weighted by Gasteiger charge is -2.14. The zero-order valence-electron chi connectivity index (χ0n) is 14.3. The molecule has 0 N–H and O–H groups in total. The fraction of sp³-hybridized carbons (Fsp3) is 0.250. The molecule has 0 fully saturated rings. The van der Waals surface area contributed by atoms with E-state index in [0.29, 0.717) is 18.3 Å². The number of nitrogens with zero attached hydrogens (tertiary/aromatic N) is 2. The summed E-state index contributed by atoms with van der Waals surface area (Å²) in [6, 6.07) is 1.32. The molecule has 7 nitrogen and oxygen atoms in total. The second-order valence-electron chi connectivity index (χ2n) is 5.38. The molecule has 0 aliphatic heterocycles. The number of aromatic nitrogens is 1. The zero-order valence-corrected chi connectivity index (χ0v) is 15.0. The maximum absolute atomic E-state index is 14.5. The van der Waals surface area contributed by atoms with Gasteiger partial charge in [0.25, 0.3) is 0 Å². The molecule has 1 aromatic heterocycles. The van der Waals surface area contributed by atoms with Gasteiger partial charge in [0.1, 0.15) is 5.82 Å². The van der Waals surface area contributed by atoms with Crippen molar-refractivity contribution in [3.05, 3.63) is 50.4 Å². The van der Waals surface area contributed by atoms with Gasteiger partial charge in [0.05, 0.1) is 28.3 Å². The first kappa shape index (κ1) is 21.4. The maximum Gasteiger partial charge on any atom is 0.418 e. The quantitative estimate of drug-likeness (QED) is 0.308. The van der Waals surface area contributed by atoms with E-state index in [-0.39, 0.29) is 0 Å². The van der Waals surface area contributed by atoms with Gasteiger partial charge in [-0.2, -0.15) is 13.2 Å². The monoisotopic (exact) mass is 422 g/mol. The van der Waals surface area contributed by atoms with Crippen molar-refractivity contribution in [2.75, 3.05) is 13.7 Å². The summed E-state index contributed by atoms with van der Waals surface area (Å²) in [6.45, 7) is 0.352. The molecule has 2 rings (SSSR count). The Labute approximate surface area is 160 Å². The van der Waals surface area contributed by atoms with E-state index in [4.69, 9.17) is 16.3 Å². The Balaban J connectivity index is 2.58. The molecule has 0 unspecified atom stereocenters. The number of hydrogen-bond donors (Lipinski definition) is 0. The third-order valence-corrected chi connectivity index (χ3v) is 4.11. The van der Waals surface area contributed by atoms with Crippen LogP contribution in [0.5, 0.6) is 5.75 Å². The van der Waals surface area contributed by atoms with Crippen LogP contribution in [0.25, 0.3) is 11.3 Å². The van der Waals surface area contributed by atoms with E-state index in [0.717, 1.165) is 14.0 Å². The standard InChI is InChI=1S/C16H11ClF4N2O5/c1-7-9(16(19,20)21)5-22-15(14(7)17)8-3-11(23(25)26)12(4-10(8)18)28-6-13(24)27-2/h3-5H,6H2,1-2H3. The normalized spacial score (nSPS) is 11.2. The number of nitro groups is 1. The number of halogens is 5. The minimum Gasteiger partial charge on any atom is -0.475 e. The molecule has 150 valence electrons. The van der Waals surface area contributed by atoms with E-state index >= 15 is 0 Å². The van der Waals surface area contributed by atoms with Crippen LogP contribution in [0.3, 0.4) is 0 Å². The first-order valence-electron chi connectivity index (χ1n) is 7.37. The van der Waals surface area contributed by atoms with E-state index in [1.165, 1.54) is 0 Å². The predicted molar refractivity (Wildman–Crippen MR) is 88.5 cm³/mol. The van der Waals surface area contributed by atoms with E-state index < -0.39 is 68.3 Å². The number of carbonyl (C=O) groups is 1. The predicted octanol–water partition coefficient (Wildman–Crippen LogP) is 4.33. The molecule has 28 heavy (non-hydrogen) atoms. The van der Waals surface area contributed by atoms with Crippen LogP contribution in [0.4, 0.5) is 23.2 Å². The van der Waals surface area contributed by atoms with E-state index in [1.807, 2.05) is 0 Å². The average Bonchev–Trinajstić information content (AvgIpc) is 2.60. The summed E-state index contributed by atoms with van der Waals surface area (Å²) in [5, 5.41) is 10.7. The summed E-state index contributed by atoms with van der Waals surface area (Å²) in [5.74, 6) is -2.53. The Kier molecular flexibility index (Phi) is 6.07. The second-order valence-corrected chi connectivity index (χ2v) is 5.76. The number of nitro benzene ring substituents is 1. The smallest absolute Gasteiger partial charge is 0.418 e. The Morgan fingerprint density at radius 1 is 1.36 bits per heavy atom. The highest BCUT2D eigenvalue weighted by molar-refractivity contribution is 6.33. The second kappa shape index (κ2) is 7.97. The number of pyridine rings is 1. The van der Waals surface area contributed by atoms with Crippen LogP contribution in [0.15, 0.2) is 18.3 Å². The number of rotatable bonds is 5. The highest BCUT2D eigenvalue weighted by Gasteiger charge is 2.35. The van der Waals surface area contributed by atoms with Crippen LogP contribution >= 0.6 is 11.6 Å². The number of methoxy groups -OCH3 is 1. The van der Waals surface area contributed by atoms with Crippen molar-refractivity contribution in [2.24, 2.45) is 0 Å². The van der Waals surface area contributed by atoms with Gasteiger partial charge in [-0.1, -0.05) is 11.6 Å². The number of esters is 1. The van der Waals surface area contributed by atoms with Crippen LogP contribution in [-0.4, -0.2) is 29.6 Å². The minimum atomic E-state index is -4.73. The van der Waals surface area contributed by atoms with Crippen molar-refractivity contribution < 1.29 is 36.8 Å². The minimum absolute atomic E-state index is 0.410. The first-order chi connectivity index (χ1) is 13.0. The number of ether oxygens (including phenoxy) is 2. The largest absolute Gasteiger partial charge is 0.475 e. The molecule has 0 radical (unpaired) electrons. The fourth-order valence-electron chi connectivity index (χ4n) is 2.23. The summed E-state index contributed by atoms with van der Waals surface area (Å²) in [5.41, 5.74) is -3.18. The molecular weight excluding hydrogens is 412 g/mol. The van der Waals surface area contributed by atoms with Crippen molar-refractivity contribution >= 4 is 23.3 Å². The molecule has 0 amide bonds. The van der Waals surface area contributed by atoms with Gasteiger partial charge in [0, 0.05) is 23.9 Å². The molecule has 1 heterocycles. The summed E-state index contributed by atoms with van der Waals surface area (Å²) in [6.07, 6.45) is -4.27. The molecule has 0 aliphatic rings. The molecule has 0 saturated heterocycles. The Hall–Kier alpha value is -2.95. The number of carbonyl (C=O) groups excluding carboxylic acids is 1. The van der Waals surface area contributed by atoms with Crippen molar-refractivity contribution in [3.63, 3.8) is 0 Å². The molecule has 2 aromatic rings. The Morgan fingerprint density at radius 2 is 2.00 bits per heavy atom. The third kappa shape index (κ3) is 4.30. The Morgan fingerprint density at radius 3 is 2.54 bits per heavy atom. The molecule has 0 aliphatic carbocycles. The lowest BCUT2D eigenvalue weighted by atomic mass is 10.0. The fourth-order valence-corrected chi connectivity index (χ4v) is 2.48. The van der Waals surface area contributed by atoms with E-state index in [1.54, 1.807) is 0 Å². The Bertz CT molecular complexity index is 950. The van der Waals surface area contributed by atoms with Gasteiger partial charge in [-0.25, -0.2) is 9.18 Å². The van der Waals surface area contributed by atoms with Gasteiger partial charge in [0.15, 0.2) is 6.61 Å². The average molecular weight is 423 g/mol. The number of benzene rings is 1. The van der Waals surface area contributed by atoms with Crippen molar-refractivity contribution in [3.8, 4) is 17.0 Å². The van der Waals surface area contributed by atoms with Gasteiger partial charge in [-0.05, 0) is 12.5 Å². The van der Waals surface area contributed by atoms with Crippen LogP contribution in [0.2, 0.25) is 5.02 Å². The van der Waals surface area contributed by atoms with E-state index in [2.05, 4.69) is 9.72 Å². The number of hydrogen-bond acceptors (Lipinski definition) is 6. The first-order valence-corrected chi connectivity index (χ1v) is 7.75. The van der Waals surface area contributed by atoms with Gasteiger partial charge in [-0.15, -0.1) is 0 Å². The molecule has 0 saturated carbocycles. The van der Waals surface area contributed by atoms with E-state index in [9.17, 15) is 32.5 Å². The summed E-state index contributed by atoms with van der Waals surface area (Å²) in [4.78, 5) is 25.0. The molecule has 0 spiro atoms. The summed E-state index contributed by atoms with van der Waals surface area (Å²) < 4.78 is 62.5. The van der Waals surface area contributed by atoms with Crippen molar-refractivity contribution in [1.29, 1.82) is 0 Å². The SMILES string of the molecule is COC(=O)COc1cc(F)c(-c2ncc(C(F)(F)F)c(C)c2Cl)cc1[N+](=O)[O-]. The van der Waals surface area contributed by atoms with Crippen LogP contribution in [0.1, 0.15) is 11.1 Å². The van der Waals surface area contributed by atoms with Gasteiger partial charge in [-0.3, -0.25) is 15.1 Å². The lowest BCUT2D eigenvalue weighted by molar-refractivity contribution is -0.385.